The molecule has 9 heavy (non-hydrogen) atoms. The molecule has 0 bridgehead atoms. The van der Waals surface area contributed by atoms with E-state index in [0.29, 0.717) is 10.7 Å². The molecule has 0 saturated carbocycles. The molecular formula is C7H15NS. The SMILES string of the molecule is CC1(C)CNCCC1S. The fourth-order valence-corrected chi connectivity index (χ4v) is 1.38. The lowest BCUT2D eigenvalue weighted by atomic mass is 9.85. The quantitative estimate of drug-likeness (QED) is 0.490. The van der Waals surface area contributed by atoms with Crippen LogP contribution in [0.25, 0.3) is 0 Å². The highest BCUT2D eigenvalue weighted by Gasteiger charge is 2.28. The zero-order valence-corrected chi connectivity index (χ0v) is 7.04. The highest BCUT2D eigenvalue weighted by atomic mass is 32.1. The summed E-state index contributed by atoms with van der Waals surface area (Å²) in [4.78, 5) is 0. The van der Waals surface area contributed by atoms with Gasteiger partial charge >= 0.3 is 0 Å². The van der Waals surface area contributed by atoms with E-state index in [-0.39, 0.29) is 0 Å². The van der Waals surface area contributed by atoms with E-state index >= 15 is 0 Å². The maximum absolute atomic E-state index is 4.50. The molecule has 0 radical (unpaired) electrons. The summed E-state index contributed by atoms with van der Waals surface area (Å²) in [6.07, 6.45) is 1.20. The molecule has 0 amide bonds. The third-order valence-corrected chi connectivity index (χ3v) is 3.03. The van der Waals surface area contributed by atoms with Crippen molar-refractivity contribution in [1.82, 2.24) is 5.32 Å². The van der Waals surface area contributed by atoms with Crippen LogP contribution >= 0.6 is 12.6 Å². The van der Waals surface area contributed by atoms with Crippen molar-refractivity contribution in [2.75, 3.05) is 13.1 Å². The Hall–Kier alpha value is 0.310. The molecule has 1 nitrogen and oxygen atoms in total. The van der Waals surface area contributed by atoms with Crippen molar-refractivity contribution in [3.05, 3.63) is 0 Å². The minimum atomic E-state index is 0.390. The standard InChI is InChI=1S/C7H15NS/c1-7(2)5-8-4-3-6(7)9/h6,8-9H,3-5H2,1-2H3. The Labute approximate surface area is 62.6 Å². The van der Waals surface area contributed by atoms with Crippen molar-refractivity contribution >= 4 is 12.6 Å². The van der Waals surface area contributed by atoms with Crippen LogP contribution in [0, 0.1) is 5.41 Å². The molecule has 1 heterocycles. The van der Waals surface area contributed by atoms with Crippen LogP contribution in [-0.4, -0.2) is 18.3 Å². The topological polar surface area (TPSA) is 12.0 Å². The Morgan fingerprint density at radius 1 is 1.56 bits per heavy atom. The van der Waals surface area contributed by atoms with Crippen LogP contribution in [0.2, 0.25) is 0 Å². The fourth-order valence-electron chi connectivity index (χ4n) is 1.16. The molecule has 0 aromatic rings. The number of thiol groups is 1. The van der Waals surface area contributed by atoms with E-state index in [9.17, 15) is 0 Å². The summed E-state index contributed by atoms with van der Waals surface area (Å²) in [5.41, 5.74) is 0.390. The minimum absolute atomic E-state index is 0.390. The second-order valence-corrected chi connectivity index (χ2v) is 4.09. The first-order valence-electron chi connectivity index (χ1n) is 3.52. The van der Waals surface area contributed by atoms with Gasteiger partial charge in [0.05, 0.1) is 0 Å². The highest BCUT2D eigenvalue weighted by Crippen LogP contribution is 2.28. The zero-order valence-electron chi connectivity index (χ0n) is 6.15. The van der Waals surface area contributed by atoms with Crippen molar-refractivity contribution in [3.63, 3.8) is 0 Å². The third-order valence-electron chi connectivity index (χ3n) is 2.08. The van der Waals surface area contributed by atoms with Crippen molar-refractivity contribution in [1.29, 1.82) is 0 Å². The number of hydrogen-bond acceptors (Lipinski definition) is 2. The Kier molecular flexibility index (Phi) is 2.07. The first kappa shape index (κ1) is 7.42. The lowest BCUT2D eigenvalue weighted by molar-refractivity contribution is 0.278. The fraction of sp³-hybridized carbons (Fsp3) is 1.00. The summed E-state index contributed by atoms with van der Waals surface area (Å²) in [5.74, 6) is 0. The Morgan fingerprint density at radius 2 is 2.22 bits per heavy atom. The van der Waals surface area contributed by atoms with Crippen molar-refractivity contribution in [2.45, 2.75) is 25.5 Å². The number of piperidine rings is 1. The van der Waals surface area contributed by atoms with Crippen LogP contribution in [0.3, 0.4) is 0 Å². The number of nitrogens with one attached hydrogen (secondary N) is 1. The molecule has 2 heteroatoms. The van der Waals surface area contributed by atoms with E-state index in [1.807, 2.05) is 0 Å². The van der Waals surface area contributed by atoms with Crippen molar-refractivity contribution in [2.24, 2.45) is 5.41 Å². The second-order valence-electron chi connectivity index (χ2n) is 3.47. The summed E-state index contributed by atoms with van der Waals surface area (Å²) in [7, 11) is 0. The van der Waals surface area contributed by atoms with Gasteiger partial charge in [0.2, 0.25) is 0 Å². The molecule has 54 valence electrons. The average Bonchev–Trinajstić information content (AvgIpc) is 1.77. The van der Waals surface area contributed by atoms with Gasteiger partial charge in [0.25, 0.3) is 0 Å². The molecule has 1 aliphatic rings. The van der Waals surface area contributed by atoms with Gasteiger partial charge in [0.1, 0.15) is 0 Å². The Morgan fingerprint density at radius 3 is 2.56 bits per heavy atom. The zero-order chi connectivity index (χ0) is 6.91. The second kappa shape index (κ2) is 2.51. The van der Waals surface area contributed by atoms with Crippen LogP contribution in [0.1, 0.15) is 20.3 Å². The van der Waals surface area contributed by atoms with Crippen LogP contribution in [0.5, 0.6) is 0 Å². The van der Waals surface area contributed by atoms with E-state index in [2.05, 4.69) is 31.8 Å². The molecule has 1 N–H and O–H groups in total. The van der Waals surface area contributed by atoms with Crippen molar-refractivity contribution < 1.29 is 0 Å². The average molecular weight is 145 g/mol. The monoisotopic (exact) mass is 145 g/mol. The maximum atomic E-state index is 4.50. The summed E-state index contributed by atoms with van der Waals surface area (Å²) < 4.78 is 0. The van der Waals surface area contributed by atoms with Crippen LogP contribution in [0.15, 0.2) is 0 Å². The van der Waals surface area contributed by atoms with E-state index in [1.165, 1.54) is 6.42 Å². The van der Waals surface area contributed by atoms with Gasteiger partial charge in [-0.3, -0.25) is 0 Å². The molecule has 0 spiro atoms. The number of hydrogen-bond donors (Lipinski definition) is 2. The van der Waals surface area contributed by atoms with Gasteiger partial charge in [-0.15, -0.1) is 0 Å². The lowest BCUT2D eigenvalue weighted by Gasteiger charge is -2.35. The van der Waals surface area contributed by atoms with E-state index in [1.54, 1.807) is 0 Å². The predicted molar refractivity (Wildman–Crippen MR) is 44.0 cm³/mol. The smallest absolute Gasteiger partial charge is 0.00921 e. The molecule has 1 fully saturated rings. The molecule has 1 rings (SSSR count). The van der Waals surface area contributed by atoms with Gasteiger partial charge in [-0.2, -0.15) is 12.6 Å². The number of rotatable bonds is 0. The van der Waals surface area contributed by atoms with Gasteiger partial charge in [0, 0.05) is 11.8 Å². The first-order valence-corrected chi connectivity index (χ1v) is 4.03. The van der Waals surface area contributed by atoms with Gasteiger partial charge in [0.15, 0.2) is 0 Å². The largest absolute Gasteiger partial charge is 0.316 e. The van der Waals surface area contributed by atoms with Crippen molar-refractivity contribution in [3.8, 4) is 0 Å². The summed E-state index contributed by atoms with van der Waals surface area (Å²) in [6, 6.07) is 0. The van der Waals surface area contributed by atoms with E-state index in [0.717, 1.165) is 13.1 Å². The molecule has 0 aliphatic carbocycles. The van der Waals surface area contributed by atoms with Crippen LogP contribution in [0.4, 0.5) is 0 Å². The van der Waals surface area contributed by atoms with Gasteiger partial charge < -0.3 is 5.32 Å². The molecule has 1 aliphatic heterocycles. The van der Waals surface area contributed by atoms with Gasteiger partial charge in [-0.05, 0) is 18.4 Å². The van der Waals surface area contributed by atoms with E-state index < -0.39 is 0 Å². The lowest BCUT2D eigenvalue weighted by Crippen LogP contribution is -2.43. The molecule has 0 aromatic carbocycles. The molecule has 1 atom stereocenters. The Bertz CT molecular complexity index is 101. The first-order chi connectivity index (χ1) is 4.13. The summed E-state index contributed by atoms with van der Waals surface area (Å²) in [5, 5.41) is 3.94. The summed E-state index contributed by atoms with van der Waals surface area (Å²) in [6.45, 7) is 6.77. The molecule has 1 unspecified atom stereocenters. The van der Waals surface area contributed by atoms with E-state index in [4.69, 9.17) is 0 Å². The van der Waals surface area contributed by atoms with Crippen LogP contribution < -0.4 is 5.32 Å². The third kappa shape index (κ3) is 1.62. The highest BCUT2D eigenvalue weighted by molar-refractivity contribution is 7.81. The maximum Gasteiger partial charge on any atom is 0.00921 e. The molecule has 1 saturated heterocycles. The van der Waals surface area contributed by atoms with Gasteiger partial charge in [-0.25, -0.2) is 0 Å². The minimum Gasteiger partial charge on any atom is -0.316 e. The normalized spacial score (nSPS) is 34.3. The predicted octanol–water partition coefficient (Wildman–Crippen LogP) is 1.30. The molecule has 0 aromatic heterocycles. The van der Waals surface area contributed by atoms with Gasteiger partial charge in [-0.1, -0.05) is 13.8 Å². The molecular weight excluding hydrogens is 130 g/mol. The van der Waals surface area contributed by atoms with Crippen LogP contribution in [-0.2, 0) is 0 Å². The Balaban J connectivity index is 2.49. The summed E-state index contributed by atoms with van der Waals surface area (Å²) >= 11 is 4.50.